The van der Waals surface area contributed by atoms with E-state index < -0.39 is 0 Å². The molecular weight excluding hydrogens is 262 g/mol. The van der Waals surface area contributed by atoms with Gasteiger partial charge in [-0.15, -0.1) is 0 Å². The van der Waals surface area contributed by atoms with E-state index in [-0.39, 0.29) is 5.91 Å². The Balaban J connectivity index is 1.60. The number of rotatable bonds is 3. The van der Waals surface area contributed by atoms with Crippen molar-refractivity contribution in [3.05, 3.63) is 42.0 Å². The maximum Gasteiger partial charge on any atom is 0.259 e. The maximum absolute atomic E-state index is 12.6. The lowest BCUT2D eigenvalue weighted by molar-refractivity contribution is 0.0989. The molecule has 4 heteroatoms. The van der Waals surface area contributed by atoms with Crippen LogP contribution in [-0.4, -0.2) is 50.1 Å². The third kappa shape index (κ3) is 2.11. The molecule has 4 nitrogen and oxygen atoms in total. The fourth-order valence-corrected chi connectivity index (χ4v) is 3.38. The van der Waals surface area contributed by atoms with Crippen molar-refractivity contribution in [3.63, 3.8) is 0 Å². The number of carbonyl (C=O) groups excluding carboxylic acids is 1. The Morgan fingerprint density at radius 3 is 2.57 bits per heavy atom. The van der Waals surface area contributed by atoms with Crippen molar-refractivity contribution in [1.82, 2.24) is 10.2 Å². The minimum atomic E-state index is 0.150. The van der Waals surface area contributed by atoms with Gasteiger partial charge in [-0.25, -0.2) is 0 Å². The van der Waals surface area contributed by atoms with Crippen molar-refractivity contribution >= 4 is 22.4 Å². The third-order valence-electron chi connectivity index (χ3n) is 4.50. The Hall–Kier alpha value is -1.91. The largest absolute Gasteiger partial charge is 0.314 e. The molecule has 2 aromatic rings. The van der Waals surface area contributed by atoms with Crippen LogP contribution in [0, 0.1) is 0 Å². The summed E-state index contributed by atoms with van der Waals surface area (Å²) in [6.45, 7) is 5.94. The van der Waals surface area contributed by atoms with Crippen LogP contribution >= 0.6 is 0 Å². The van der Waals surface area contributed by atoms with Gasteiger partial charge in [0.25, 0.3) is 5.91 Å². The maximum atomic E-state index is 12.6. The summed E-state index contributed by atoms with van der Waals surface area (Å²) in [5.74, 6) is 0.150. The predicted octanol–water partition coefficient (Wildman–Crippen LogP) is 1.71. The number of hydrogen-bond donors (Lipinski definition) is 1. The summed E-state index contributed by atoms with van der Waals surface area (Å²) in [7, 11) is 0. The van der Waals surface area contributed by atoms with Crippen LogP contribution in [0.5, 0.6) is 0 Å². The van der Waals surface area contributed by atoms with Crippen LogP contribution in [-0.2, 0) is 0 Å². The Kier molecular flexibility index (Phi) is 3.13. The van der Waals surface area contributed by atoms with Crippen LogP contribution in [0.2, 0.25) is 0 Å². The van der Waals surface area contributed by atoms with E-state index in [0.29, 0.717) is 0 Å². The number of piperazine rings is 1. The number of amides is 1. The van der Waals surface area contributed by atoms with Crippen molar-refractivity contribution in [2.45, 2.75) is 0 Å². The molecule has 0 unspecified atom stereocenters. The molecule has 4 rings (SSSR count). The summed E-state index contributed by atoms with van der Waals surface area (Å²) in [4.78, 5) is 17.0. The quantitative estimate of drug-likeness (QED) is 0.930. The van der Waals surface area contributed by atoms with Gasteiger partial charge in [0.15, 0.2) is 0 Å². The van der Waals surface area contributed by atoms with E-state index in [1.165, 1.54) is 0 Å². The molecule has 2 aliphatic rings. The number of nitrogens with one attached hydrogen (secondary N) is 1. The van der Waals surface area contributed by atoms with Gasteiger partial charge in [0.05, 0.1) is 5.69 Å². The van der Waals surface area contributed by atoms with Gasteiger partial charge in [-0.2, -0.15) is 0 Å². The summed E-state index contributed by atoms with van der Waals surface area (Å²) in [5.41, 5.74) is 1.92. The SMILES string of the molecule is O=C1c2cccc3cccc(c23)N1CCN1CCNCC1. The molecule has 2 heterocycles. The third-order valence-corrected chi connectivity index (χ3v) is 4.50. The normalized spacial score (nSPS) is 18.7. The van der Waals surface area contributed by atoms with E-state index in [4.69, 9.17) is 0 Å². The van der Waals surface area contributed by atoms with Crippen molar-refractivity contribution in [1.29, 1.82) is 0 Å². The van der Waals surface area contributed by atoms with E-state index >= 15 is 0 Å². The molecule has 1 amide bonds. The summed E-state index contributed by atoms with van der Waals surface area (Å²) in [5, 5.41) is 5.63. The van der Waals surface area contributed by atoms with Gasteiger partial charge < -0.3 is 10.2 Å². The predicted molar refractivity (Wildman–Crippen MR) is 84.9 cm³/mol. The molecular formula is C17H19N3O. The van der Waals surface area contributed by atoms with Crippen molar-refractivity contribution in [3.8, 4) is 0 Å². The molecule has 1 N–H and O–H groups in total. The summed E-state index contributed by atoms with van der Waals surface area (Å²) in [6, 6.07) is 12.2. The molecule has 1 saturated heterocycles. The van der Waals surface area contributed by atoms with Gasteiger partial charge in [0.1, 0.15) is 0 Å². The second-order valence-electron chi connectivity index (χ2n) is 5.73. The van der Waals surface area contributed by atoms with Crippen LogP contribution < -0.4 is 10.2 Å². The molecule has 0 atom stereocenters. The molecule has 0 aliphatic carbocycles. The first kappa shape index (κ1) is 12.8. The number of hydrogen-bond acceptors (Lipinski definition) is 3. The summed E-state index contributed by atoms with van der Waals surface area (Å²) >= 11 is 0. The molecule has 0 spiro atoms. The van der Waals surface area contributed by atoms with E-state index in [2.05, 4.69) is 28.4 Å². The first-order valence-corrected chi connectivity index (χ1v) is 7.61. The Labute approximate surface area is 124 Å². The van der Waals surface area contributed by atoms with Crippen molar-refractivity contribution in [2.75, 3.05) is 44.2 Å². The fourth-order valence-electron chi connectivity index (χ4n) is 3.38. The lowest BCUT2D eigenvalue weighted by atomic mass is 10.1. The van der Waals surface area contributed by atoms with E-state index in [9.17, 15) is 4.79 Å². The summed E-state index contributed by atoms with van der Waals surface area (Å²) in [6.07, 6.45) is 0. The van der Waals surface area contributed by atoms with Crippen molar-refractivity contribution < 1.29 is 4.79 Å². The standard InChI is InChI=1S/C17H19N3O/c21-17-14-5-1-3-13-4-2-6-15(16(13)14)20(17)12-11-19-9-7-18-8-10-19/h1-6,18H,7-12H2. The molecule has 2 aliphatic heterocycles. The average Bonchev–Trinajstić information content (AvgIpc) is 2.81. The molecule has 108 valence electrons. The molecule has 1 fully saturated rings. The second-order valence-corrected chi connectivity index (χ2v) is 5.73. The molecule has 21 heavy (non-hydrogen) atoms. The number of anilines is 1. The van der Waals surface area contributed by atoms with Crippen molar-refractivity contribution in [2.24, 2.45) is 0 Å². The molecule has 0 saturated carbocycles. The van der Waals surface area contributed by atoms with Gasteiger partial charge in [0, 0.05) is 50.2 Å². The zero-order valence-electron chi connectivity index (χ0n) is 12.0. The zero-order chi connectivity index (χ0) is 14.2. The molecule has 0 radical (unpaired) electrons. The monoisotopic (exact) mass is 281 g/mol. The highest BCUT2D eigenvalue weighted by atomic mass is 16.2. The smallest absolute Gasteiger partial charge is 0.259 e. The number of carbonyl (C=O) groups is 1. The minimum absolute atomic E-state index is 0.150. The second kappa shape index (κ2) is 5.13. The summed E-state index contributed by atoms with van der Waals surface area (Å²) < 4.78 is 0. The van der Waals surface area contributed by atoms with E-state index in [0.717, 1.165) is 61.3 Å². The first-order chi connectivity index (χ1) is 10.3. The highest BCUT2D eigenvalue weighted by Crippen LogP contribution is 2.36. The number of nitrogens with zero attached hydrogens (tertiary/aromatic N) is 2. The van der Waals surface area contributed by atoms with Gasteiger partial charge in [-0.05, 0) is 17.5 Å². The van der Waals surface area contributed by atoms with Crippen LogP contribution in [0.4, 0.5) is 5.69 Å². The lowest BCUT2D eigenvalue weighted by Gasteiger charge is -2.29. The number of benzene rings is 2. The Morgan fingerprint density at radius 1 is 1.00 bits per heavy atom. The Bertz CT molecular complexity index is 686. The van der Waals surface area contributed by atoms with Crippen LogP contribution in [0.15, 0.2) is 36.4 Å². The van der Waals surface area contributed by atoms with Gasteiger partial charge >= 0.3 is 0 Å². The molecule has 0 aromatic heterocycles. The molecule has 0 bridgehead atoms. The van der Waals surface area contributed by atoms with Crippen LogP contribution in [0.25, 0.3) is 10.8 Å². The topological polar surface area (TPSA) is 35.6 Å². The van der Waals surface area contributed by atoms with Crippen LogP contribution in [0.1, 0.15) is 10.4 Å². The molecule has 2 aromatic carbocycles. The zero-order valence-corrected chi connectivity index (χ0v) is 12.0. The van der Waals surface area contributed by atoms with Crippen LogP contribution in [0.3, 0.4) is 0 Å². The van der Waals surface area contributed by atoms with Gasteiger partial charge in [0.2, 0.25) is 0 Å². The Morgan fingerprint density at radius 2 is 1.76 bits per heavy atom. The van der Waals surface area contributed by atoms with Gasteiger partial charge in [-0.1, -0.05) is 24.3 Å². The van der Waals surface area contributed by atoms with Gasteiger partial charge in [-0.3, -0.25) is 9.69 Å². The highest BCUT2D eigenvalue weighted by Gasteiger charge is 2.29. The van der Waals surface area contributed by atoms with E-state index in [1.54, 1.807) is 0 Å². The average molecular weight is 281 g/mol. The fraction of sp³-hybridized carbons (Fsp3) is 0.353. The highest BCUT2D eigenvalue weighted by molar-refractivity contribution is 6.24. The minimum Gasteiger partial charge on any atom is -0.314 e. The van der Waals surface area contributed by atoms with E-state index in [1.807, 2.05) is 23.1 Å². The first-order valence-electron chi connectivity index (χ1n) is 7.61. The lowest BCUT2D eigenvalue weighted by Crippen LogP contribution is -2.46.